The highest BCUT2D eigenvalue weighted by Crippen LogP contribution is 2.33. The lowest BCUT2D eigenvalue weighted by atomic mass is 10.1. The molecule has 150 valence electrons. The summed E-state index contributed by atoms with van der Waals surface area (Å²) in [5, 5.41) is 3.44. The van der Waals surface area contributed by atoms with E-state index in [0.29, 0.717) is 6.42 Å². The molecule has 0 aromatic heterocycles. The smallest absolute Gasteiger partial charge is 0.234 e. The first-order valence-electron chi connectivity index (χ1n) is 9.57. The minimum atomic E-state index is -0.446. The second kappa shape index (κ2) is 9.05. The van der Waals surface area contributed by atoms with Crippen LogP contribution >= 0.6 is 11.8 Å². The number of hydrogen-bond donors (Lipinski definition) is 1. The number of nitrogens with one attached hydrogen (secondary N) is 1. The maximum Gasteiger partial charge on any atom is 0.234 e. The topological polar surface area (TPSA) is 53.8 Å². The molecule has 4 nitrogen and oxygen atoms in total. The number of amides is 1. The predicted octanol–water partition coefficient (Wildman–Crippen LogP) is 6.06. The minimum Gasteiger partial charge on any atom is -0.323 e. The molecule has 3 aromatic carbocycles. The van der Waals surface area contributed by atoms with Crippen molar-refractivity contribution in [3.63, 3.8) is 0 Å². The molecule has 0 saturated carbocycles. The molecular formula is C24H20FN3OS. The number of hydrogen-bond acceptors (Lipinski definition) is 4. The Balaban J connectivity index is 1.52. The molecule has 30 heavy (non-hydrogen) atoms. The molecule has 1 aliphatic heterocycles. The van der Waals surface area contributed by atoms with Gasteiger partial charge < -0.3 is 5.32 Å². The molecule has 0 aliphatic carbocycles. The number of carbonyl (C=O) groups is 1. The maximum atomic E-state index is 13.9. The van der Waals surface area contributed by atoms with Gasteiger partial charge in [-0.15, -0.1) is 11.8 Å². The van der Waals surface area contributed by atoms with Crippen molar-refractivity contribution in [1.29, 1.82) is 0 Å². The van der Waals surface area contributed by atoms with E-state index in [1.54, 1.807) is 12.1 Å². The Morgan fingerprint density at radius 3 is 2.47 bits per heavy atom. The highest BCUT2D eigenvalue weighted by Gasteiger charge is 2.17. The molecule has 0 bridgehead atoms. The summed E-state index contributed by atoms with van der Waals surface area (Å²) in [6.07, 6.45) is 0.523. The van der Waals surface area contributed by atoms with Crippen LogP contribution in [0.25, 0.3) is 0 Å². The molecule has 0 fully saturated rings. The van der Waals surface area contributed by atoms with Gasteiger partial charge in [0.2, 0.25) is 5.91 Å². The number of para-hydroxylation sites is 2. The molecule has 0 saturated heterocycles. The second-order valence-electron chi connectivity index (χ2n) is 6.92. The molecule has 4 rings (SSSR count). The molecule has 1 amide bonds. The quantitative estimate of drug-likeness (QED) is 0.561. The van der Waals surface area contributed by atoms with E-state index < -0.39 is 5.82 Å². The van der Waals surface area contributed by atoms with Gasteiger partial charge in [-0.2, -0.15) is 0 Å². The van der Waals surface area contributed by atoms with Crippen molar-refractivity contribution < 1.29 is 9.18 Å². The van der Waals surface area contributed by atoms with Crippen molar-refractivity contribution in [3.8, 4) is 0 Å². The van der Waals surface area contributed by atoms with Crippen molar-refractivity contribution in [1.82, 2.24) is 0 Å². The van der Waals surface area contributed by atoms with E-state index in [4.69, 9.17) is 9.98 Å². The zero-order valence-corrected chi connectivity index (χ0v) is 17.2. The summed E-state index contributed by atoms with van der Waals surface area (Å²) in [4.78, 5) is 22.0. The van der Waals surface area contributed by atoms with Gasteiger partial charge in [0, 0.05) is 6.42 Å². The average Bonchev–Trinajstić information content (AvgIpc) is 2.95. The summed E-state index contributed by atoms with van der Waals surface area (Å²) >= 11 is 1.34. The van der Waals surface area contributed by atoms with Gasteiger partial charge in [0.05, 0.1) is 33.6 Å². The second-order valence-corrected chi connectivity index (χ2v) is 7.96. The number of thioether (sulfide) groups is 1. The zero-order chi connectivity index (χ0) is 20.9. The van der Waals surface area contributed by atoms with Crippen LogP contribution in [0, 0.1) is 12.7 Å². The Hall–Kier alpha value is -3.25. The van der Waals surface area contributed by atoms with Crippen LogP contribution < -0.4 is 5.32 Å². The van der Waals surface area contributed by atoms with E-state index in [2.05, 4.69) is 5.32 Å². The lowest BCUT2D eigenvalue weighted by molar-refractivity contribution is -0.113. The third-order valence-electron chi connectivity index (χ3n) is 4.57. The number of benzene rings is 3. The molecule has 0 spiro atoms. The normalized spacial score (nSPS) is 13.0. The molecular weight excluding hydrogens is 397 g/mol. The summed E-state index contributed by atoms with van der Waals surface area (Å²) < 4.78 is 13.9. The zero-order valence-electron chi connectivity index (χ0n) is 16.4. The minimum absolute atomic E-state index is 0.135. The Labute approximate surface area is 179 Å². The fourth-order valence-electron chi connectivity index (χ4n) is 3.11. The molecule has 1 N–H and O–H groups in total. The molecule has 6 heteroatoms. The van der Waals surface area contributed by atoms with Crippen LogP contribution in [0.15, 0.2) is 82.8 Å². The molecule has 0 unspecified atom stereocenters. The van der Waals surface area contributed by atoms with Gasteiger partial charge in [-0.1, -0.05) is 48.5 Å². The van der Waals surface area contributed by atoms with E-state index in [1.807, 2.05) is 61.5 Å². The lowest BCUT2D eigenvalue weighted by Crippen LogP contribution is -2.17. The van der Waals surface area contributed by atoms with Crippen LogP contribution in [0.3, 0.4) is 0 Å². The van der Waals surface area contributed by atoms with Gasteiger partial charge in [-0.05, 0) is 42.3 Å². The Kier molecular flexibility index (Phi) is 6.05. The molecule has 0 atom stereocenters. The first kappa shape index (κ1) is 20.0. The average molecular weight is 418 g/mol. The monoisotopic (exact) mass is 417 g/mol. The predicted molar refractivity (Wildman–Crippen MR) is 123 cm³/mol. The van der Waals surface area contributed by atoms with Gasteiger partial charge in [0.15, 0.2) is 0 Å². The number of aliphatic imine (C=N–C) groups is 2. The van der Waals surface area contributed by atoms with E-state index in [1.165, 1.54) is 17.8 Å². The van der Waals surface area contributed by atoms with Crippen LogP contribution in [0.1, 0.15) is 17.5 Å². The Morgan fingerprint density at radius 1 is 1.00 bits per heavy atom. The molecule has 1 heterocycles. The van der Waals surface area contributed by atoms with Crippen molar-refractivity contribution in [2.45, 2.75) is 13.3 Å². The largest absolute Gasteiger partial charge is 0.323 e. The summed E-state index contributed by atoms with van der Waals surface area (Å²) in [6.45, 7) is 1.85. The van der Waals surface area contributed by atoms with Gasteiger partial charge >= 0.3 is 0 Å². The summed E-state index contributed by atoms with van der Waals surface area (Å²) in [5.74, 6) is -0.586. The number of anilines is 1. The van der Waals surface area contributed by atoms with Crippen LogP contribution in [0.5, 0.6) is 0 Å². The first-order valence-corrected chi connectivity index (χ1v) is 10.6. The molecule has 1 aliphatic rings. The highest BCUT2D eigenvalue weighted by atomic mass is 32.2. The lowest BCUT2D eigenvalue weighted by Gasteiger charge is -2.09. The Morgan fingerprint density at radius 2 is 1.70 bits per heavy atom. The fraction of sp³-hybridized carbons (Fsp3) is 0.125. The third kappa shape index (κ3) is 4.83. The van der Waals surface area contributed by atoms with Crippen molar-refractivity contribution in [2.75, 3.05) is 11.1 Å². The van der Waals surface area contributed by atoms with Crippen LogP contribution in [0.2, 0.25) is 0 Å². The van der Waals surface area contributed by atoms with Gasteiger partial charge in [-0.25, -0.2) is 9.38 Å². The highest BCUT2D eigenvalue weighted by molar-refractivity contribution is 8.14. The number of carbonyl (C=O) groups excluding carboxylic acids is 1. The van der Waals surface area contributed by atoms with E-state index >= 15 is 0 Å². The summed E-state index contributed by atoms with van der Waals surface area (Å²) in [7, 11) is 0. The van der Waals surface area contributed by atoms with Crippen molar-refractivity contribution >= 4 is 45.5 Å². The van der Waals surface area contributed by atoms with Crippen LogP contribution in [0.4, 0.5) is 21.5 Å². The summed E-state index contributed by atoms with van der Waals surface area (Å²) in [5.41, 5.74) is 4.58. The SMILES string of the molecule is Cc1ccc(F)c(NC(=O)CSC2=Nc3ccccc3N=C(c3ccccc3)C2)c1. The third-order valence-corrected chi connectivity index (χ3v) is 5.55. The van der Waals surface area contributed by atoms with E-state index in [-0.39, 0.29) is 17.3 Å². The van der Waals surface area contributed by atoms with Gasteiger partial charge in [-0.3, -0.25) is 9.79 Å². The number of fused-ring (bicyclic) bond motifs is 1. The first-order chi connectivity index (χ1) is 14.6. The standard InChI is InChI=1S/C24H20FN3OS/c1-16-11-12-18(25)22(13-16)27-23(29)15-30-24-14-21(17-7-3-2-4-8-17)26-19-9-5-6-10-20(19)28-24/h2-13H,14-15H2,1H3,(H,27,29). The van der Waals surface area contributed by atoms with Crippen molar-refractivity contribution in [3.05, 3.63) is 89.7 Å². The van der Waals surface area contributed by atoms with E-state index in [9.17, 15) is 9.18 Å². The number of nitrogens with zero attached hydrogens (tertiary/aromatic N) is 2. The molecule has 3 aromatic rings. The van der Waals surface area contributed by atoms with Gasteiger partial charge in [0.1, 0.15) is 5.82 Å². The fourth-order valence-corrected chi connectivity index (χ4v) is 3.88. The number of halogens is 1. The van der Waals surface area contributed by atoms with E-state index in [0.717, 1.165) is 33.3 Å². The summed E-state index contributed by atoms with van der Waals surface area (Å²) in [6, 6.07) is 22.3. The van der Waals surface area contributed by atoms with Crippen molar-refractivity contribution in [2.24, 2.45) is 9.98 Å². The van der Waals surface area contributed by atoms with Crippen LogP contribution in [-0.2, 0) is 4.79 Å². The number of rotatable bonds is 4. The van der Waals surface area contributed by atoms with Crippen LogP contribution in [-0.4, -0.2) is 22.4 Å². The van der Waals surface area contributed by atoms with Gasteiger partial charge in [0.25, 0.3) is 0 Å². The maximum absolute atomic E-state index is 13.9. The Bertz CT molecular complexity index is 1140. The molecule has 0 radical (unpaired) electrons. The number of aryl methyl sites for hydroxylation is 1.